The fourth-order valence-electron chi connectivity index (χ4n) is 3.51. The Morgan fingerprint density at radius 1 is 0.929 bits per heavy atom. The van der Waals surface area contributed by atoms with E-state index in [0.717, 1.165) is 16.7 Å². The van der Waals surface area contributed by atoms with Crippen molar-refractivity contribution in [2.45, 2.75) is 12.5 Å². The summed E-state index contributed by atoms with van der Waals surface area (Å²) in [7, 11) is 1.75. The van der Waals surface area contributed by atoms with Crippen LogP contribution in [0.2, 0.25) is 5.02 Å². The van der Waals surface area contributed by atoms with Gasteiger partial charge in [-0.05, 0) is 34.9 Å². The Morgan fingerprint density at radius 3 is 2.43 bits per heavy atom. The van der Waals surface area contributed by atoms with Gasteiger partial charge in [0, 0.05) is 24.1 Å². The number of carbonyl (C=O) groups is 1. The Balaban J connectivity index is 1.73. The molecule has 0 spiro atoms. The Hall–Kier alpha value is -2.62. The van der Waals surface area contributed by atoms with Crippen molar-refractivity contribution in [3.05, 3.63) is 88.9 Å². The molecular weight excluding hydrogens is 391 g/mol. The molecule has 1 heterocycles. The third-order valence-corrected chi connectivity index (χ3v) is 5.48. The number of benzene rings is 3. The first-order valence-electron chi connectivity index (χ1n) is 8.98. The van der Waals surface area contributed by atoms with Crippen LogP contribution in [0.1, 0.15) is 11.1 Å². The molecule has 0 saturated carbocycles. The fourth-order valence-corrected chi connectivity index (χ4v) is 3.95. The number of aliphatic imine (C=N–C) groups is 1. The minimum Gasteiger partial charge on any atom is -0.313 e. The van der Waals surface area contributed by atoms with Gasteiger partial charge >= 0.3 is 0 Å². The number of nitrogens with zero attached hydrogens (tertiary/aromatic N) is 2. The lowest BCUT2D eigenvalue weighted by Gasteiger charge is -2.21. The van der Waals surface area contributed by atoms with E-state index in [1.54, 1.807) is 30.1 Å². The standard InChI is InChI=1S/C23H18Cl2N2O/c1-27-21-12-11-17(24)14-19(21)22(25)26-20(23(27)28)13-16-9-5-6-10-18(16)15-7-3-2-4-8-15/h2-12,14,20H,13H2,1H3. The molecule has 0 bridgehead atoms. The monoisotopic (exact) mass is 408 g/mol. The Morgan fingerprint density at radius 2 is 1.64 bits per heavy atom. The molecule has 0 fully saturated rings. The molecule has 0 radical (unpaired) electrons. The van der Waals surface area contributed by atoms with Gasteiger partial charge in [0.05, 0.1) is 5.69 Å². The van der Waals surface area contributed by atoms with Gasteiger partial charge in [-0.25, -0.2) is 0 Å². The molecule has 0 saturated heterocycles. The molecule has 3 nitrogen and oxygen atoms in total. The maximum Gasteiger partial charge on any atom is 0.251 e. The normalized spacial score (nSPS) is 16.4. The number of rotatable bonds is 3. The Labute approximate surface area is 174 Å². The van der Waals surface area contributed by atoms with E-state index in [2.05, 4.69) is 23.2 Å². The van der Waals surface area contributed by atoms with Crippen molar-refractivity contribution in [3.63, 3.8) is 0 Å². The molecule has 3 aromatic rings. The highest BCUT2D eigenvalue weighted by molar-refractivity contribution is 6.70. The van der Waals surface area contributed by atoms with Gasteiger partial charge in [-0.15, -0.1) is 0 Å². The van der Waals surface area contributed by atoms with Gasteiger partial charge in [-0.2, -0.15) is 0 Å². The number of likely N-dealkylation sites (N-methyl/N-ethyl adjacent to an activating group) is 1. The lowest BCUT2D eigenvalue weighted by atomic mass is 9.95. The molecule has 3 aromatic carbocycles. The summed E-state index contributed by atoms with van der Waals surface area (Å²) in [6.45, 7) is 0. The number of hydrogen-bond donors (Lipinski definition) is 0. The summed E-state index contributed by atoms with van der Waals surface area (Å²) in [5.41, 5.74) is 4.64. The maximum atomic E-state index is 13.1. The first-order chi connectivity index (χ1) is 13.5. The highest BCUT2D eigenvalue weighted by atomic mass is 35.5. The molecule has 1 unspecified atom stereocenters. The molecule has 0 aromatic heterocycles. The Bertz CT molecular complexity index is 1060. The lowest BCUT2D eigenvalue weighted by Crippen LogP contribution is -2.36. The third-order valence-electron chi connectivity index (χ3n) is 4.94. The number of benzodiazepines with no additional fused rings is 1. The van der Waals surface area contributed by atoms with Crippen LogP contribution >= 0.6 is 23.2 Å². The van der Waals surface area contributed by atoms with Crippen LogP contribution in [0.5, 0.6) is 0 Å². The van der Waals surface area contributed by atoms with Gasteiger partial charge in [-0.3, -0.25) is 9.79 Å². The quantitative estimate of drug-likeness (QED) is 0.556. The molecule has 0 N–H and O–H groups in total. The summed E-state index contributed by atoms with van der Waals surface area (Å²) in [6, 6.07) is 22.9. The van der Waals surface area contributed by atoms with E-state index in [4.69, 9.17) is 23.2 Å². The highest BCUT2D eigenvalue weighted by Crippen LogP contribution is 2.31. The van der Waals surface area contributed by atoms with Gasteiger partial charge in [0.2, 0.25) is 0 Å². The van der Waals surface area contributed by atoms with E-state index in [1.165, 1.54) is 0 Å². The predicted octanol–water partition coefficient (Wildman–Crippen LogP) is 5.58. The third kappa shape index (κ3) is 3.56. The number of halogens is 2. The summed E-state index contributed by atoms with van der Waals surface area (Å²) in [5.74, 6) is -0.0953. The number of amides is 1. The van der Waals surface area contributed by atoms with E-state index in [0.29, 0.717) is 27.9 Å². The van der Waals surface area contributed by atoms with Crippen LogP contribution in [0.15, 0.2) is 77.8 Å². The molecule has 28 heavy (non-hydrogen) atoms. The average Bonchev–Trinajstić information content (AvgIpc) is 2.80. The van der Waals surface area contributed by atoms with Crippen molar-refractivity contribution in [2.24, 2.45) is 4.99 Å². The second-order valence-electron chi connectivity index (χ2n) is 6.72. The summed E-state index contributed by atoms with van der Waals surface area (Å²) in [5, 5.41) is 0.859. The van der Waals surface area contributed by atoms with E-state index >= 15 is 0 Å². The van der Waals surface area contributed by atoms with Gasteiger partial charge in [0.15, 0.2) is 0 Å². The molecule has 5 heteroatoms. The van der Waals surface area contributed by atoms with E-state index in [1.807, 2.05) is 36.4 Å². The van der Waals surface area contributed by atoms with Crippen molar-refractivity contribution in [3.8, 4) is 11.1 Å². The second-order valence-corrected chi connectivity index (χ2v) is 7.52. The minimum atomic E-state index is -0.603. The topological polar surface area (TPSA) is 32.7 Å². The largest absolute Gasteiger partial charge is 0.313 e. The van der Waals surface area contributed by atoms with E-state index < -0.39 is 6.04 Å². The first kappa shape index (κ1) is 18.7. The van der Waals surface area contributed by atoms with Gasteiger partial charge < -0.3 is 4.90 Å². The summed E-state index contributed by atoms with van der Waals surface area (Å²) >= 11 is 12.6. The van der Waals surface area contributed by atoms with Crippen LogP contribution in [0.25, 0.3) is 11.1 Å². The number of carbonyl (C=O) groups excluding carboxylic acids is 1. The van der Waals surface area contributed by atoms with Crippen molar-refractivity contribution >= 4 is 40.0 Å². The van der Waals surface area contributed by atoms with Crippen LogP contribution < -0.4 is 4.90 Å². The molecule has 1 aliphatic rings. The van der Waals surface area contributed by atoms with Crippen LogP contribution in [0.3, 0.4) is 0 Å². The zero-order valence-corrected chi connectivity index (χ0v) is 16.8. The van der Waals surface area contributed by atoms with Crippen LogP contribution in [0.4, 0.5) is 5.69 Å². The fraction of sp³-hybridized carbons (Fsp3) is 0.130. The predicted molar refractivity (Wildman–Crippen MR) is 117 cm³/mol. The molecule has 1 amide bonds. The van der Waals surface area contributed by atoms with Gasteiger partial charge in [0.25, 0.3) is 5.91 Å². The highest BCUT2D eigenvalue weighted by Gasteiger charge is 2.29. The molecule has 1 aliphatic heterocycles. The SMILES string of the molecule is CN1C(=O)C(Cc2ccccc2-c2ccccc2)N=C(Cl)c2cc(Cl)ccc21. The molecule has 0 aliphatic carbocycles. The summed E-state index contributed by atoms with van der Waals surface area (Å²) in [6.07, 6.45) is 0.464. The second kappa shape index (κ2) is 7.78. The van der Waals surface area contributed by atoms with Gasteiger partial charge in [-0.1, -0.05) is 77.8 Å². The zero-order chi connectivity index (χ0) is 19.7. The number of fused-ring (bicyclic) bond motifs is 1. The van der Waals surface area contributed by atoms with E-state index in [9.17, 15) is 4.79 Å². The molecule has 1 atom stereocenters. The maximum absolute atomic E-state index is 13.1. The average molecular weight is 409 g/mol. The first-order valence-corrected chi connectivity index (χ1v) is 9.74. The van der Waals surface area contributed by atoms with Crippen molar-refractivity contribution in [2.75, 3.05) is 11.9 Å². The number of hydrogen-bond acceptors (Lipinski definition) is 2. The summed E-state index contributed by atoms with van der Waals surface area (Å²) in [4.78, 5) is 19.3. The number of anilines is 1. The molecule has 4 rings (SSSR count). The summed E-state index contributed by atoms with van der Waals surface area (Å²) < 4.78 is 0. The molecule has 140 valence electrons. The van der Waals surface area contributed by atoms with Gasteiger partial charge in [0.1, 0.15) is 11.2 Å². The van der Waals surface area contributed by atoms with Crippen LogP contribution in [-0.2, 0) is 11.2 Å². The van der Waals surface area contributed by atoms with E-state index in [-0.39, 0.29) is 5.91 Å². The van der Waals surface area contributed by atoms with Crippen molar-refractivity contribution in [1.29, 1.82) is 0 Å². The van der Waals surface area contributed by atoms with Crippen molar-refractivity contribution in [1.82, 2.24) is 0 Å². The van der Waals surface area contributed by atoms with Crippen molar-refractivity contribution < 1.29 is 4.79 Å². The minimum absolute atomic E-state index is 0.0953. The smallest absolute Gasteiger partial charge is 0.251 e. The van der Waals surface area contributed by atoms with Crippen LogP contribution in [0, 0.1) is 0 Å². The lowest BCUT2D eigenvalue weighted by molar-refractivity contribution is -0.119. The zero-order valence-electron chi connectivity index (χ0n) is 15.3. The molecular formula is C23H18Cl2N2O. The van der Waals surface area contributed by atoms with Crippen LogP contribution in [-0.4, -0.2) is 24.2 Å². The Kier molecular flexibility index (Phi) is 5.21.